The summed E-state index contributed by atoms with van der Waals surface area (Å²) in [4.78, 5) is 16.8. The number of aromatic nitrogens is 3. The largest absolute Gasteiger partial charge is 0.396 e. The average Bonchev–Trinajstić information content (AvgIpc) is 3.28. The maximum Gasteiger partial charge on any atom is 0.224 e. The van der Waals surface area contributed by atoms with E-state index in [1.807, 2.05) is 25.1 Å². The molecule has 2 atom stereocenters. The molecule has 2 aromatic heterocycles. The van der Waals surface area contributed by atoms with Gasteiger partial charge in [0.25, 0.3) is 0 Å². The van der Waals surface area contributed by atoms with Gasteiger partial charge in [0.05, 0.1) is 21.5 Å². The lowest BCUT2D eigenvalue weighted by molar-refractivity contribution is 0.149. The minimum atomic E-state index is -0.178. The SMILES string of the molecule is Cc1nc(NCCN(C)C)nc(N[C@@]2(C)CCC[C@]2(C)CCO)c1-c1nc2ccccc2s1. The van der Waals surface area contributed by atoms with Crippen LogP contribution in [-0.2, 0) is 0 Å². The number of nitrogens with zero attached hydrogens (tertiary/aromatic N) is 4. The number of thiazole rings is 1. The number of fused-ring (bicyclic) bond motifs is 1. The van der Waals surface area contributed by atoms with Crippen LogP contribution in [-0.4, -0.2) is 64.3 Å². The van der Waals surface area contributed by atoms with Gasteiger partial charge in [-0.1, -0.05) is 25.5 Å². The predicted molar refractivity (Wildman–Crippen MR) is 138 cm³/mol. The number of hydrogen-bond acceptors (Lipinski definition) is 8. The zero-order valence-electron chi connectivity index (χ0n) is 20.4. The summed E-state index contributed by atoms with van der Waals surface area (Å²) in [5.41, 5.74) is 2.68. The summed E-state index contributed by atoms with van der Waals surface area (Å²) in [5, 5.41) is 17.9. The highest BCUT2D eigenvalue weighted by atomic mass is 32.1. The molecule has 0 spiro atoms. The molecule has 8 heteroatoms. The number of aliphatic hydroxyl groups is 1. The van der Waals surface area contributed by atoms with E-state index in [0.717, 1.165) is 71.1 Å². The Bertz CT molecular complexity index is 1080. The Hall–Kier alpha value is -2.29. The zero-order valence-corrected chi connectivity index (χ0v) is 21.2. The van der Waals surface area contributed by atoms with Gasteiger partial charge in [-0.2, -0.15) is 4.98 Å². The van der Waals surface area contributed by atoms with Crippen molar-refractivity contribution >= 4 is 33.3 Å². The molecule has 33 heavy (non-hydrogen) atoms. The van der Waals surface area contributed by atoms with Gasteiger partial charge in [0.1, 0.15) is 10.8 Å². The number of aryl methyl sites for hydroxylation is 1. The Morgan fingerprint density at radius 3 is 2.64 bits per heavy atom. The molecule has 0 aliphatic heterocycles. The van der Waals surface area contributed by atoms with Gasteiger partial charge in [0.2, 0.25) is 5.95 Å². The van der Waals surface area contributed by atoms with Crippen LogP contribution in [0.1, 0.15) is 45.2 Å². The maximum absolute atomic E-state index is 9.76. The summed E-state index contributed by atoms with van der Waals surface area (Å²) in [6.45, 7) is 8.45. The van der Waals surface area contributed by atoms with Gasteiger partial charge in [-0.15, -0.1) is 11.3 Å². The fourth-order valence-electron chi connectivity index (χ4n) is 4.90. The van der Waals surface area contributed by atoms with E-state index < -0.39 is 0 Å². The number of nitrogens with one attached hydrogen (secondary N) is 2. The van der Waals surface area contributed by atoms with Crippen LogP contribution in [0.25, 0.3) is 20.8 Å². The lowest BCUT2D eigenvalue weighted by Crippen LogP contribution is -2.47. The molecular weight excluding hydrogens is 432 g/mol. The van der Waals surface area contributed by atoms with E-state index in [2.05, 4.69) is 49.5 Å². The van der Waals surface area contributed by atoms with E-state index in [1.54, 1.807) is 11.3 Å². The third-order valence-corrected chi connectivity index (χ3v) is 8.29. The summed E-state index contributed by atoms with van der Waals surface area (Å²) in [6.07, 6.45) is 4.03. The molecule has 4 rings (SSSR count). The summed E-state index contributed by atoms with van der Waals surface area (Å²) in [7, 11) is 4.11. The Morgan fingerprint density at radius 1 is 1.12 bits per heavy atom. The number of aliphatic hydroxyl groups excluding tert-OH is 1. The first-order valence-corrected chi connectivity index (χ1v) is 12.6. The number of rotatable bonds is 9. The van der Waals surface area contributed by atoms with E-state index in [0.29, 0.717) is 5.95 Å². The summed E-state index contributed by atoms with van der Waals surface area (Å²) >= 11 is 1.68. The minimum absolute atomic E-state index is 0.00994. The quantitative estimate of drug-likeness (QED) is 0.417. The standard InChI is InChI=1S/C25H36N6OS/c1-17-20(22-28-18-9-6-7-10-19(18)33-22)21(29-23(27-17)26-14-15-31(4)5)30-25(3)12-8-11-24(25,2)13-16-32/h6-7,9-10,32H,8,11-16H2,1-5H3,(H2,26,27,29,30)/t24-,25+/m1/s1. The van der Waals surface area contributed by atoms with Crippen molar-refractivity contribution in [2.75, 3.05) is 44.4 Å². The summed E-state index contributed by atoms with van der Waals surface area (Å²) in [5.74, 6) is 1.45. The topological polar surface area (TPSA) is 86.2 Å². The van der Waals surface area contributed by atoms with Crippen LogP contribution in [0, 0.1) is 12.3 Å². The van der Waals surface area contributed by atoms with E-state index in [-0.39, 0.29) is 17.6 Å². The third kappa shape index (κ3) is 4.83. The molecule has 1 aliphatic rings. The fourth-order valence-corrected chi connectivity index (χ4v) is 5.96. The average molecular weight is 469 g/mol. The van der Waals surface area contributed by atoms with Crippen LogP contribution in [0.4, 0.5) is 11.8 Å². The van der Waals surface area contributed by atoms with Crippen LogP contribution < -0.4 is 10.6 Å². The fraction of sp³-hybridized carbons (Fsp3) is 0.560. The Morgan fingerprint density at radius 2 is 1.91 bits per heavy atom. The first-order valence-electron chi connectivity index (χ1n) is 11.8. The molecule has 1 aliphatic carbocycles. The normalized spacial score (nSPS) is 22.9. The molecule has 3 aromatic rings. The van der Waals surface area contributed by atoms with Gasteiger partial charge < -0.3 is 20.6 Å². The van der Waals surface area contributed by atoms with Crippen molar-refractivity contribution in [3.63, 3.8) is 0 Å². The van der Waals surface area contributed by atoms with E-state index in [4.69, 9.17) is 15.0 Å². The third-order valence-electron chi connectivity index (χ3n) is 7.24. The van der Waals surface area contributed by atoms with Crippen LogP contribution in [0.2, 0.25) is 0 Å². The van der Waals surface area contributed by atoms with Gasteiger partial charge in [-0.25, -0.2) is 9.97 Å². The van der Waals surface area contributed by atoms with Gasteiger partial charge in [0, 0.05) is 25.2 Å². The van der Waals surface area contributed by atoms with E-state index in [1.165, 1.54) is 0 Å². The molecule has 7 nitrogen and oxygen atoms in total. The molecule has 0 amide bonds. The van der Waals surface area contributed by atoms with Crippen LogP contribution in [0.15, 0.2) is 24.3 Å². The highest BCUT2D eigenvalue weighted by molar-refractivity contribution is 7.21. The van der Waals surface area contributed by atoms with Crippen molar-refractivity contribution in [3.8, 4) is 10.6 Å². The highest BCUT2D eigenvalue weighted by Gasteiger charge is 2.48. The number of para-hydroxylation sites is 1. The summed E-state index contributed by atoms with van der Waals surface area (Å²) < 4.78 is 1.16. The maximum atomic E-state index is 9.76. The van der Waals surface area contributed by atoms with E-state index >= 15 is 0 Å². The molecule has 178 valence electrons. The van der Waals surface area contributed by atoms with Gasteiger partial charge in [-0.05, 0) is 64.8 Å². The zero-order chi connectivity index (χ0) is 23.6. The van der Waals surface area contributed by atoms with Crippen molar-refractivity contribution < 1.29 is 5.11 Å². The first-order chi connectivity index (χ1) is 15.7. The van der Waals surface area contributed by atoms with Gasteiger partial charge in [0.15, 0.2) is 0 Å². The second-order valence-electron chi connectivity index (χ2n) is 9.92. The molecule has 0 bridgehead atoms. The molecular formula is C25H36N6OS. The number of hydrogen-bond donors (Lipinski definition) is 3. The van der Waals surface area contributed by atoms with Crippen molar-refractivity contribution in [3.05, 3.63) is 30.0 Å². The Kier molecular flexibility index (Phi) is 6.88. The van der Waals surface area contributed by atoms with Crippen LogP contribution in [0.5, 0.6) is 0 Å². The molecule has 2 heterocycles. The Labute approximate surface area is 200 Å². The monoisotopic (exact) mass is 468 g/mol. The number of likely N-dealkylation sites (N-methyl/N-ethyl adjacent to an activating group) is 1. The second-order valence-corrected chi connectivity index (χ2v) is 10.9. The van der Waals surface area contributed by atoms with Crippen LogP contribution >= 0.6 is 11.3 Å². The first kappa shape index (κ1) is 23.9. The van der Waals surface area contributed by atoms with Gasteiger partial charge in [-0.3, -0.25) is 0 Å². The highest BCUT2D eigenvalue weighted by Crippen LogP contribution is 2.51. The molecule has 0 radical (unpaired) electrons. The lowest BCUT2D eigenvalue weighted by atomic mass is 9.72. The number of benzene rings is 1. The second kappa shape index (κ2) is 9.52. The minimum Gasteiger partial charge on any atom is -0.396 e. The molecule has 3 N–H and O–H groups in total. The van der Waals surface area contributed by atoms with Crippen molar-refractivity contribution in [1.29, 1.82) is 0 Å². The van der Waals surface area contributed by atoms with Crippen molar-refractivity contribution in [2.45, 2.75) is 52.0 Å². The molecule has 0 unspecified atom stereocenters. The van der Waals surface area contributed by atoms with Crippen molar-refractivity contribution in [2.24, 2.45) is 5.41 Å². The lowest BCUT2D eigenvalue weighted by Gasteiger charge is -2.42. The molecule has 0 saturated heterocycles. The predicted octanol–water partition coefficient (Wildman–Crippen LogP) is 4.78. The van der Waals surface area contributed by atoms with Crippen LogP contribution in [0.3, 0.4) is 0 Å². The number of anilines is 2. The Balaban J connectivity index is 1.77. The van der Waals surface area contributed by atoms with E-state index in [9.17, 15) is 5.11 Å². The van der Waals surface area contributed by atoms with Crippen molar-refractivity contribution in [1.82, 2.24) is 19.9 Å². The smallest absolute Gasteiger partial charge is 0.224 e. The molecule has 1 aromatic carbocycles. The molecule has 1 fully saturated rings. The van der Waals surface area contributed by atoms with Gasteiger partial charge >= 0.3 is 0 Å². The molecule has 1 saturated carbocycles. The summed E-state index contributed by atoms with van der Waals surface area (Å²) in [6, 6.07) is 8.22.